The number of fused-ring (bicyclic) bond motifs is 1. The van der Waals surface area contributed by atoms with Gasteiger partial charge in [-0.25, -0.2) is 0 Å². The van der Waals surface area contributed by atoms with E-state index < -0.39 is 0 Å². The van der Waals surface area contributed by atoms with E-state index in [2.05, 4.69) is 18.7 Å². The highest BCUT2D eigenvalue weighted by atomic mass is 16.5. The lowest BCUT2D eigenvalue weighted by Crippen LogP contribution is -2.27. The van der Waals surface area contributed by atoms with Crippen molar-refractivity contribution in [3.63, 3.8) is 0 Å². The summed E-state index contributed by atoms with van der Waals surface area (Å²) in [7, 11) is 3.22. The van der Waals surface area contributed by atoms with Crippen LogP contribution in [-0.2, 0) is 0 Å². The molecule has 0 bridgehead atoms. The van der Waals surface area contributed by atoms with Crippen molar-refractivity contribution in [3.05, 3.63) is 77.9 Å². The summed E-state index contributed by atoms with van der Waals surface area (Å²) in [5.41, 5.74) is 2.47. The monoisotopic (exact) mass is 473 g/mol. The molecule has 6 nitrogen and oxygen atoms in total. The van der Waals surface area contributed by atoms with Crippen molar-refractivity contribution < 1.29 is 23.4 Å². The normalized spacial score (nSPS) is 11.1. The third kappa shape index (κ3) is 5.33. The molecule has 4 aromatic rings. The Bertz CT molecular complexity index is 1270. The Balaban J connectivity index is 1.65. The number of furan rings is 1. The first-order valence-corrected chi connectivity index (χ1v) is 11.8. The number of hydrogen-bond acceptors (Lipinski definition) is 6. The van der Waals surface area contributed by atoms with Crippen LogP contribution in [0.2, 0.25) is 0 Å². The molecule has 1 heterocycles. The molecule has 0 unspecified atom stereocenters. The van der Waals surface area contributed by atoms with E-state index in [0.717, 1.165) is 42.1 Å². The van der Waals surface area contributed by atoms with Gasteiger partial charge in [0.15, 0.2) is 5.78 Å². The third-order valence-electron chi connectivity index (χ3n) is 6.16. The molecule has 0 saturated carbocycles. The lowest BCUT2D eigenvalue weighted by molar-refractivity contribution is 0.104. The smallest absolute Gasteiger partial charge is 0.197 e. The van der Waals surface area contributed by atoms with Crippen molar-refractivity contribution in [2.75, 3.05) is 40.5 Å². The summed E-state index contributed by atoms with van der Waals surface area (Å²) >= 11 is 0. The van der Waals surface area contributed by atoms with Crippen LogP contribution in [0.15, 0.2) is 71.1 Å². The number of benzene rings is 3. The largest absolute Gasteiger partial charge is 0.497 e. The highest BCUT2D eigenvalue weighted by Crippen LogP contribution is 2.37. The summed E-state index contributed by atoms with van der Waals surface area (Å²) in [4.78, 5) is 16.0. The maximum atomic E-state index is 13.7. The number of carbonyl (C=O) groups is 1. The first-order chi connectivity index (χ1) is 17.1. The lowest BCUT2D eigenvalue weighted by atomic mass is 9.97. The van der Waals surface area contributed by atoms with E-state index in [-0.39, 0.29) is 5.78 Å². The Labute approximate surface area is 206 Å². The molecule has 0 aliphatic carbocycles. The van der Waals surface area contributed by atoms with E-state index in [4.69, 9.17) is 18.6 Å². The van der Waals surface area contributed by atoms with Crippen LogP contribution in [0, 0.1) is 0 Å². The number of carbonyl (C=O) groups excluding carboxylic acids is 1. The summed E-state index contributed by atoms with van der Waals surface area (Å²) in [6.07, 6.45) is 0. The van der Waals surface area contributed by atoms with Crippen LogP contribution in [0.25, 0.3) is 22.3 Å². The quantitative estimate of drug-likeness (QED) is 0.247. The van der Waals surface area contributed by atoms with Crippen LogP contribution in [0.4, 0.5) is 0 Å². The van der Waals surface area contributed by atoms with Crippen LogP contribution < -0.4 is 14.2 Å². The summed E-state index contributed by atoms with van der Waals surface area (Å²) in [6.45, 7) is 7.73. The molecule has 4 rings (SSSR count). The molecule has 0 atom stereocenters. The van der Waals surface area contributed by atoms with Crippen molar-refractivity contribution in [2.45, 2.75) is 13.8 Å². The van der Waals surface area contributed by atoms with Crippen LogP contribution in [0.5, 0.6) is 17.2 Å². The molecule has 3 aromatic carbocycles. The number of nitrogens with zero attached hydrogens (tertiary/aromatic N) is 1. The molecule has 0 spiro atoms. The number of rotatable bonds is 11. The second kappa shape index (κ2) is 11.1. The molecule has 0 aliphatic rings. The minimum atomic E-state index is -0.116. The maximum Gasteiger partial charge on any atom is 0.197 e. The van der Waals surface area contributed by atoms with Crippen LogP contribution in [0.1, 0.15) is 29.8 Å². The van der Waals surface area contributed by atoms with Crippen LogP contribution in [0.3, 0.4) is 0 Å². The lowest BCUT2D eigenvalue weighted by Gasteiger charge is -2.18. The van der Waals surface area contributed by atoms with Gasteiger partial charge in [0.2, 0.25) is 0 Å². The molecule has 0 saturated heterocycles. The van der Waals surface area contributed by atoms with Gasteiger partial charge in [-0.05, 0) is 73.8 Å². The highest BCUT2D eigenvalue weighted by Gasteiger charge is 2.24. The molecule has 182 valence electrons. The summed E-state index contributed by atoms with van der Waals surface area (Å²) in [5, 5.41) is 0.737. The Hall–Kier alpha value is -3.77. The first-order valence-electron chi connectivity index (χ1n) is 11.8. The van der Waals surface area contributed by atoms with Gasteiger partial charge in [0, 0.05) is 29.1 Å². The standard InChI is InChI=1S/C29H31NO5/c1-5-30(6-2)17-18-34-23-13-7-20(8-14-23)28(31)27-25-16-15-24(33-4)19-26(25)35-29(27)21-9-11-22(32-3)12-10-21/h7-16,19H,5-6,17-18H2,1-4H3. The molecule has 1 aromatic heterocycles. The summed E-state index contributed by atoms with van der Waals surface area (Å²) in [6, 6.07) is 20.2. The van der Waals surface area contributed by atoms with E-state index in [1.807, 2.05) is 48.5 Å². The van der Waals surface area contributed by atoms with Gasteiger partial charge in [-0.2, -0.15) is 0 Å². The predicted octanol–water partition coefficient (Wildman–Crippen LogP) is 6.07. The Morgan fingerprint density at radius 3 is 2.09 bits per heavy atom. The molecular formula is C29H31NO5. The van der Waals surface area contributed by atoms with Crippen LogP contribution in [-0.4, -0.2) is 51.1 Å². The summed E-state index contributed by atoms with van der Waals surface area (Å²) < 4.78 is 22.7. The third-order valence-corrected chi connectivity index (χ3v) is 6.16. The zero-order chi connectivity index (χ0) is 24.8. The Kier molecular flexibility index (Phi) is 7.73. The highest BCUT2D eigenvalue weighted by molar-refractivity contribution is 6.19. The average molecular weight is 474 g/mol. The molecule has 6 heteroatoms. The minimum absolute atomic E-state index is 0.116. The van der Waals surface area contributed by atoms with Gasteiger partial charge < -0.3 is 23.5 Å². The number of methoxy groups -OCH3 is 2. The van der Waals surface area contributed by atoms with Gasteiger partial charge in [-0.15, -0.1) is 0 Å². The number of ether oxygens (including phenoxy) is 3. The maximum absolute atomic E-state index is 13.7. The van der Waals surface area contributed by atoms with E-state index in [9.17, 15) is 4.79 Å². The first kappa shape index (κ1) is 24.4. The number of likely N-dealkylation sites (N-methyl/N-ethyl adjacent to an activating group) is 1. The SMILES string of the molecule is CCN(CC)CCOc1ccc(C(=O)c2c(-c3ccc(OC)cc3)oc3cc(OC)ccc23)cc1. The topological polar surface area (TPSA) is 61.1 Å². The fourth-order valence-corrected chi connectivity index (χ4v) is 4.05. The van der Waals surface area contributed by atoms with E-state index in [1.165, 1.54) is 0 Å². The van der Waals surface area contributed by atoms with Gasteiger partial charge in [0.25, 0.3) is 0 Å². The fourth-order valence-electron chi connectivity index (χ4n) is 4.05. The van der Waals surface area contributed by atoms with Crippen molar-refractivity contribution in [1.82, 2.24) is 4.90 Å². The van der Waals surface area contributed by atoms with Gasteiger partial charge >= 0.3 is 0 Å². The van der Waals surface area contributed by atoms with Crippen molar-refractivity contribution in [2.24, 2.45) is 0 Å². The predicted molar refractivity (Wildman–Crippen MR) is 138 cm³/mol. The molecule has 0 aliphatic heterocycles. The van der Waals surface area contributed by atoms with Crippen molar-refractivity contribution in [3.8, 4) is 28.6 Å². The second-order valence-corrected chi connectivity index (χ2v) is 8.13. The molecule has 0 amide bonds. The van der Waals surface area contributed by atoms with E-state index in [0.29, 0.717) is 34.8 Å². The number of ketones is 1. The zero-order valence-corrected chi connectivity index (χ0v) is 20.7. The molecule has 0 fully saturated rings. The van der Waals surface area contributed by atoms with Gasteiger partial charge in [0.1, 0.15) is 35.2 Å². The van der Waals surface area contributed by atoms with E-state index >= 15 is 0 Å². The Morgan fingerprint density at radius 2 is 1.46 bits per heavy atom. The molecule has 0 radical (unpaired) electrons. The van der Waals surface area contributed by atoms with E-state index in [1.54, 1.807) is 32.4 Å². The number of hydrogen-bond donors (Lipinski definition) is 0. The Morgan fingerprint density at radius 1 is 0.829 bits per heavy atom. The minimum Gasteiger partial charge on any atom is -0.497 e. The van der Waals surface area contributed by atoms with Gasteiger partial charge in [-0.1, -0.05) is 13.8 Å². The van der Waals surface area contributed by atoms with Gasteiger partial charge in [-0.3, -0.25) is 4.79 Å². The molecular weight excluding hydrogens is 442 g/mol. The molecule has 35 heavy (non-hydrogen) atoms. The molecule has 0 N–H and O–H groups in total. The van der Waals surface area contributed by atoms with Gasteiger partial charge in [0.05, 0.1) is 19.8 Å². The van der Waals surface area contributed by atoms with Crippen molar-refractivity contribution >= 4 is 16.8 Å². The zero-order valence-electron chi connectivity index (χ0n) is 20.7. The van der Waals surface area contributed by atoms with Crippen molar-refractivity contribution in [1.29, 1.82) is 0 Å². The van der Waals surface area contributed by atoms with Crippen LogP contribution >= 0.6 is 0 Å². The second-order valence-electron chi connectivity index (χ2n) is 8.13. The fraction of sp³-hybridized carbons (Fsp3) is 0.276. The summed E-state index contributed by atoms with van der Waals surface area (Å²) in [5.74, 6) is 2.54. The average Bonchev–Trinajstić information content (AvgIpc) is 3.29.